The summed E-state index contributed by atoms with van der Waals surface area (Å²) in [5.41, 5.74) is 1.62. The number of carbonyl (C=O) groups excluding carboxylic acids is 1. The average molecular weight is 295 g/mol. The van der Waals surface area contributed by atoms with Crippen molar-refractivity contribution in [3.05, 3.63) is 17.5 Å². The fourth-order valence-electron chi connectivity index (χ4n) is 2.40. The third kappa shape index (κ3) is 4.62. The summed E-state index contributed by atoms with van der Waals surface area (Å²) in [5, 5.41) is 4.45. The number of hydrogen-bond donors (Lipinski definition) is 0. The summed E-state index contributed by atoms with van der Waals surface area (Å²) in [6.45, 7) is 9.92. The van der Waals surface area contributed by atoms with Gasteiger partial charge in [-0.05, 0) is 19.4 Å². The Morgan fingerprint density at radius 2 is 2.10 bits per heavy atom. The van der Waals surface area contributed by atoms with E-state index in [-0.39, 0.29) is 12.4 Å². The van der Waals surface area contributed by atoms with Gasteiger partial charge < -0.3 is 9.47 Å². The van der Waals surface area contributed by atoms with E-state index in [1.165, 1.54) is 0 Å². The van der Waals surface area contributed by atoms with Crippen molar-refractivity contribution >= 4 is 5.78 Å². The van der Waals surface area contributed by atoms with Gasteiger partial charge in [-0.25, -0.2) is 0 Å². The van der Waals surface area contributed by atoms with Crippen molar-refractivity contribution in [2.24, 2.45) is 0 Å². The number of morpholine rings is 1. The van der Waals surface area contributed by atoms with Crippen molar-refractivity contribution in [1.29, 1.82) is 0 Å². The highest BCUT2D eigenvalue weighted by Crippen LogP contribution is 2.08. The van der Waals surface area contributed by atoms with Gasteiger partial charge in [0.25, 0.3) is 0 Å². The van der Waals surface area contributed by atoms with Gasteiger partial charge in [0.1, 0.15) is 12.3 Å². The maximum Gasteiger partial charge on any atom is 0.208 e. The molecule has 0 aliphatic carbocycles. The molecule has 0 spiro atoms. The summed E-state index contributed by atoms with van der Waals surface area (Å²) >= 11 is 0. The van der Waals surface area contributed by atoms with E-state index in [9.17, 15) is 4.79 Å². The second-order valence-electron chi connectivity index (χ2n) is 5.11. The molecule has 0 aromatic carbocycles. The van der Waals surface area contributed by atoms with Crippen molar-refractivity contribution in [3.8, 4) is 0 Å². The van der Waals surface area contributed by atoms with Crippen LogP contribution < -0.4 is 0 Å². The molecule has 0 radical (unpaired) electrons. The number of Topliss-reactive ketones (excluding diaryl/α,β-unsaturated/α-hetero) is 1. The summed E-state index contributed by atoms with van der Waals surface area (Å²) in [4.78, 5) is 14.3. The number of ether oxygens (including phenoxy) is 2. The van der Waals surface area contributed by atoms with Crippen LogP contribution in [0.1, 0.15) is 30.0 Å². The summed E-state index contributed by atoms with van der Waals surface area (Å²) < 4.78 is 12.5. The number of rotatable bonds is 8. The molecule has 6 nitrogen and oxygen atoms in total. The van der Waals surface area contributed by atoms with E-state index in [1.54, 1.807) is 0 Å². The van der Waals surface area contributed by atoms with E-state index in [4.69, 9.17) is 9.47 Å². The smallest absolute Gasteiger partial charge is 0.208 e. The Morgan fingerprint density at radius 1 is 1.33 bits per heavy atom. The molecular formula is C15H25N3O3. The number of aryl methyl sites for hydroxylation is 1. The molecule has 1 aliphatic heterocycles. The monoisotopic (exact) mass is 295 g/mol. The van der Waals surface area contributed by atoms with Crippen molar-refractivity contribution in [2.75, 3.05) is 46.1 Å². The number of ketones is 1. The third-order valence-electron chi connectivity index (χ3n) is 3.68. The summed E-state index contributed by atoms with van der Waals surface area (Å²) in [6.07, 6.45) is 0.873. The van der Waals surface area contributed by atoms with Gasteiger partial charge in [-0.3, -0.25) is 14.4 Å². The number of hydrogen-bond acceptors (Lipinski definition) is 5. The maximum atomic E-state index is 12.0. The molecule has 0 bridgehead atoms. The van der Waals surface area contributed by atoms with Crippen LogP contribution in [0, 0.1) is 0 Å². The standard InChI is InChI=1S/C15H25N3O3/c1-3-13-11-14(15(19)12-20-4-2)16-18(13)6-5-17-7-9-21-10-8-17/h11H,3-10,12H2,1-2H3. The molecule has 2 heterocycles. The van der Waals surface area contributed by atoms with Crippen molar-refractivity contribution in [2.45, 2.75) is 26.8 Å². The third-order valence-corrected chi connectivity index (χ3v) is 3.68. The van der Waals surface area contributed by atoms with Crippen LogP contribution in [0.15, 0.2) is 6.07 Å². The van der Waals surface area contributed by atoms with Gasteiger partial charge in [-0.1, -0.05) is 6.92 Å². The minimum absolute atomic E-state index is 0.0447. The van der Waals surface area contributed by atoms with E-state index < -0.39 is 0 Å². The van der Waals surface area contributed by atoms with Crippen LogP contribution in [0.3, 0.4) is 0 Å². The molecule has 0 atom stereocenters. The van der Waals surface area contributed by atoms with Crippen molar-refractivity contribution in [1.82, 2.24) is 14.7 Å². The lowest BCUT2D eigenvalue weighted by atomic mass is 10.2. The molecule has 1 fully saturated rings. The number of carbonyl (C=O) groups is 1. The first kappa shape index (κ1) is 16.1. The molecule has 1 saturated heterocycles. The van der Waals surface area contributed by atoms with E-state index in [0.29, 0.717) is 12.3 Å². The van der Waals surface area contributed by atoms with Gasteiger partial charge in [0, 0.05) is 31.9 Å². The molecule has 0 N–H and O–H groups in total. The highest BCUT2D eigenvalue weighted by molar-refractivity contribution is 5.95. The fourth-order valence-corrected chi connectivity index (χ4v) is 2.40. The van der Waals surface area contributed by atoms with Crippen LogP contribution in [0.5, 0.6) is 0 Å². The summed E-state index contributed by atoms with van der Waals surface area (Å²) in [7, 11) is 0. The lowest BCUT2D eigenvalue weighted by molar-refractivity contribution is 0.0358. The SMILES string of the molecule is CCOCC(=O)c1cc(CC)n(CCN2CCOCC2)n1. The zero-order valence-corrected chi connectivity index (χ0v) is 13.0. The molecule has 21 heavy (non-hydrogen) atoms. The van der Waals surface area contributed by atoms with Gasteiger partial charge in [0.15, 0.2) is 0 Å². The largest absolute Gasteiger partial charge is 0.379 e. The molecule has 118 valence electrons. The Hall–Kier alpha value is -1.24. The molecule has 0 saturated carbocycles. The van der Waals surface area contributed by atoms with E-state index in [2.05, 4.69) is 16.9 Å². The van der Waals surface area contributed by atoms with E-state index in [1.807, 2.05) is 17.7 Å². The Bertz CT molecular complexity index is 453. The molecule has 1 aromatic rings. The average Bonchev–Trinajstić information content (AvgIpc) is 2.95. The number of aromatic nitrogens is 2. The lowest BCUT2D eigenvalue weighted by Gasteiger charge is -2.26. The highest BCUT2D eigenvalue weighted by Gasteiger charge is 2.15. The van der Waals surface area contributed by atoms with Crippen LogP contribution >= 0.6 is 0 Å². The molecule has 1 aromatic heterocycles. The highest BCUT2D eigenvalue weighted by atomic mass is 16.5. The van der Waals surface area contributed by atoms with Crippen molar-refractivity contribution < 1.29 is 14.3 Å². The molecule has 0 amide bonds. The van der Waals surface area contributed by atoms with Crippen LogP contribution in [0.25, 0.3) is 0 Å². The van der Waals surface area contributed by atoms with Crippen LogP contribution in [-0.2, 0) is 22.4 Å². The second kappa shape index (κ2) is 8.26. The van der Waals surface area contributed by atoms with E-state index in [0.717, 1.165) is 51.5 Å². The fraction of sp³-hybridized carbons (Fsp3) is 0.733. The van der Waals surface area contributed by atoms with Crippen LogP contribution in [0.2, 0.25) is 0 Å². The second-order valence-corrected chi connectivity index (χ2v) is 5.11. The Morgan fingerprint density at radius 3 is 2.76 bits per heavy atom. The normalized spacial score (nSPS) is 16.3. The van der Waals surface area contributed by atoms with Gasteiger partial charge in [-0.2, -0.15) is 5.10 Å². The zero-order valence-electron chi connectivity index (χ0n) is 13.0. The van der Waals surface area contributed by atoms with Gasteiger partial charge in [0.2, 0.25) is 5.78 Å². The zero-order chi connectivity index (χ0) is 15.1. The van der Waals surface area contributed by atoms with E-state index >= 15 is 0 Å². The summed E-state index contributed by atoms with van der Waals surface area (Å²) in [5.74, 6) is -0.0447. The summed E-state index contributed by atoms with van der Waals surface area (Å²) in [6, 6.07) is 1.89. The van der Waals surface area contributed by atoms with Crippen LogP contribution in [0.4, 0.5) is 0 Å². The maximum absolute atomic E-state index is 12.0. The Kier molecular flexibility index (Phi) is 6.35. The first-order valence-corrected chi connectivity index (χ1v) is 7.72. The van der Waals surface area contributed by atoms with Gasteiger partial charge in [0.05, 0.1) is 19.8 Å². The molecule has 6 heteroatoms. The van der Waals surface area contributed by atoms with Gasteiger partial charge >= 0.3 is 0 Å². The minimum Gasteiger partial charge on any atom is -0.379 e. The van der Waals surface area contributed by atoms with Crippen molar-refractivity contribution in [3.63, 3.8) is 0 Å². The predicted octanol–water partition coefficient (Wildman–Crippen LogP) is 0.997. The minimum atomic E-state index is -0.0447. The Labute approximate surface area is 126 Å². The predicted molar refractivity (Wildman–Crippen MR) is 79.7 cm³/mol. The quantitative estimate of drug-likeness (QED) is 0.670. The van der Waals surface area contributed by atoms with Gasteiger partial charge in [-0.15, -0.1) is 0 Å². The molecular weight excluding hydrogens is 270 g/mol. The van der Waals surface area contributed by atoms with Crippen LogP contribution in [-0.4, -0.2) is 66.5 Å². The molecule has 0 unspecified atom stereocenters. The molecule has 1 aliphatic rings. The number of nitrogens with zero attached hydrogens (tertiary/aromatic N) is 3. The lowest BCUT2D eigenvalue weighted by Crippen LogP contribution is -2.38. The first-order valence-electron chi connectivity index (χ1n) is 7.72. The Balaban J connectivity index is 1.94. The molecule has 2 rings (SSSR count). The first-order chi connectivity index (χ1) is 10.2. The topological polar surface area (TPSA) is 56.6 Å².